The first-order chi connectivity index (χ1) is 6.33. The van der Waals surface area contributed by atoms with E-state index in [1.165, 1.54) is 5.57 Å². The van der Waals surface area contributed by atoms with Crippen LogP contribution in [0.4, 0.5) is 0 Å². The molecule has 0 N–H and O–H groups in total. The number of hydrogen-bond donors (Lipinski definition) is 0. The molecule has 1 rings (SSSR count). The molecular weight excluding hydrogens is 160 g/mol. The van der Waals surface area contributed by atoms with Gasteiger partial charge in [0.2, 0.25) is 0 Å². The summed E-state index contributed by atoms with van der Waals surface area (Å²) in [4.78, 5) is 10.6. The zero-order valence-electron chi connectivity index (χ0n) is 8.12. The minimum absolute atomic E-state index is 0.291. The molecule has 1 nitrogen and oxygen atoms in total. The van der Waals surface area contributed by atoms with E-state index >= 15 is 0 Å². The van der Waals surface area contributed by atoms with Gasteiger partial charge in [-0.25, -0.2) is 0 Å². The molecule has 70 valence electrons. The summed E-state index contributed by atoms with van der Waals surface area (Å²) in [7, 11) is 0. The minimum atomic E-state index is 0.291. The van der Waals surface area contributed by atoms with Gasteiger partial charge in [-0.3, -0.25) is 4.79 Å². The molecule has 0 saturated heterocycles. The summed E-state index contributed by atoms with van der Waals surface area (Å²) in [5.74, 6) is 0.291. The van der Waals surface area contributed by atoms with Gasteiger partial charge < -0.3 is 0 Å². The van der Waals surface area contributed by atoms with Crippen LogP contribution >= 0.6 is 0 Å². The molecular formula is C12H16O. The van der Waals surface area contributed by atoms with Crippen molar-refractivity contribution in [1.29, 1.82) is 0 Å². The van der Waals surface area contributed by atoms with E-state index in [0.29, 0.717) is 12.2 Å². The molecule has 0 aromatic carbocycles. The van der Waals surface area contributed by atoms with E-state index in [1.807, 2.05) is 19.1 Å². The van der Waals surface area contributed by atoms with Crippen molar-refractivity contribution in [3.05, 3.63) is 36.0 Å². The van der Waals surface area contributed by atoms with E-state index in [1.54, 1.807) is 6.08 Å². The fourth-order valence-corrected chi connectivity index (χ4v) is 1.32. The summed E-state index contributed by atoms with van der Waals surface area (Å²) < 4.78 is 0. The lowest BCUT2D eigenvalue weighted by atomic mass is 9.93. The molecule has 0 heterocycles. The average molecular weight is 176 g/mol. The lowest BCUT2D eigenvalue weighted by molar-refractivity contribution is -0.115. The van der Waals surface area contributed by atoms with Crippen molar-refractivity contribution < 1.29 is 4.79 Å². The molecule has 0 aliphatic heterocycles. The topological polar surface area (TPSA) is 17.1 Å². The maximum absolute atomic E-state index is 10.6. The van der Waals surface area contributed by atoms with Crippen molar-refractivity contribution in [2.24, 2.45) is 0 Å². The van der Waals surface area contributed by atoms with Crippen molar-refractivity contribution in [3.8, 4) is 0 Å². The molecule has 0 aromatic heterocycles. The highest BCUT2D eigenvalue weighted by atomic mass is 16.1. The van der Waals surface area contributed by atoms with E-state index in [0.717, 1.165) is 19.3 Å². The Hall–Kier alpha value is -1.11. The summed E-state index contributed by atoms with van der Waals surface area (Å²) >= 11 is 0. The zero-order valence-corrected chi connectivity index (χ0v) is 8.12. The third-order valence-corrected chi connectivity index (χ3v) is 2.07. The van der Waals surface area contributed by atoms with Gasteiger partial charge in [0.05, 0.1) is 0 Å². The van der Waals surface area contributed by atoms with Crippen molar-refractivity contribution in [2.45, 2.75) is 32.6 Å². The molecule has 0 atom stereocenters. The highest BCUT2D eigenvalue weighted by Crippen LogP contribution is 2.20. The monoisotopic (exact) mass is 176 g/mol. The number of hydrogen-bond acceptors (Lipinski definition) is 1. The molecule has 0 fully saturated rings. The second kappa shape index (κ2) is 5.52. The van der Waals surface area contributed by atoms with Crippen LogP contribution in [0.15, 0.2) is 36.0 Å². The largest absolute Gasteiger partial charge is 0.295 e. The predicted molar refractivity (Wildman–Crippen MR) is 55.5 cm³/mol. The number of allylic oxidation sites excluding steroid dienone is 6. The first-order valence-corrected chi connectivity index (χ1v) is 4.83. The molecule has 0 amide bonds. The summed E-state index contributed by atoms with van der Waals surface area (Å²) in [6, 6.07) is 0. The minimum Gasteiger partial charge on any atom is -0.295 e. The Morgan fingerprint density at radius 1 is 1.46 bits per heavy atom. The Kier molecular flexibility index (Phi) is 4.24. The number of carbonyl (C=O) groups is 1. The molecule has 1 aliphatic carbocycles. The Labute approximate surface area is 79.8 Å². The Balaban J connectivity index is 2.02. The van der Waals surface area contributed by atoms with Crippen LogP contribution in [0.3, 0.4) is 0 Å². The second-order valence-corrected chi connectivity index (χ2v) is 3.29. The van der Waals surface area contributed by atoms with Crippen LogP contribution in [-0.2, 0) is 4.79 Å². The first kappa shape index (κ1) is 9.97. The predicted octanol–water partition coefficient (Wildman–Crippen LogP) is 3.19. The molecule has 0 bridgehead atoms. The summed E-state index contributed by atoms with van der Waals surface area (Å²) in [6.07, 6.45) is 14.1. The van der Waals surface area contributed by atoms with Crippen molar-refractivity contribution in [2.75, 3.05) is 0 Å². The first-order valence-electron chi connectivity index (χ1n) is 4.83. The summed E-state index contributed by atoms with van der Waals surface area (Å²) in [5.41, 5.74) is 1.32. The van der Waals surface area contributed by atoms with Crippen molar-refractivity contribution >= 4 is 5.78 Å². The SMILES string of the molecule is C/C=C/C=C/CCCC1=CC(=O)C1. The zero-order chi connectivity index (χ0) is 9.52. The van der Waals surface area contributed by atoms with Gasteiger partial charge in [-0.2, -0.15) is 0 Å². The van der Waals surface area contributed by atoms with Crippen LogP contribution in [0.5, 0.6) is 0 Å². The standard InChI is InChI=1S/C12H16O/c1-2-3-4-5-6-7-8-11-9-12(13)10-11/h2-5,9H,6-8,10H2,1H3/b3-2+,5-4+. The summed E-state index contributed by atoms with van der Waals surface area (Å²) in [6.45, 7) is 2.01. The van der Waals surface area contributed by atoms with Crippen molar-refractivity contribution in [3.63, 3.8) is 0 Å². The van der Waals surface area contributed by atoms with Gasteiger partial charge >= 0.3 is 0 Å². The highest BCUT2D eigenvalue weighted by Gasteiger charge is 2.13. The Bertz CT molecular complexity index is 256. The molecule has 1 aliphatic rings. The number of carbonyl (C=O) groups excluding carboxylic acids is 1. The number of unbranched alkanes of at least 4 members (excludes halogenated alkanes) is 1. The summed E-state index contributed by atoms with van der Waals surface area (Å²) in [5, 5.41) is 0. The number of ketones is 1. The van der Waals surface area contributed by atoms with Crippen LogP contribution < -0.4 is 0 Å². The second-order valence-electron chi connectivity index (χ2n) is 3.29. The van der Waals surface area contributed by atoms with E-state index in [2.05, 4.69) is 12.2 Å². The van der Waals surface area contributed by atoms with E-state index in [4.69, 9.17) is 0 Å². The van der Waals surface area contributed by atoms with Gasteiger partial charge in [0, 0.05) is 6.42 Å². The van der Waals surface area contributed by atoms with Crippen LogP contribution in [-0.4, -0.2) is 5.78 Å². The lowest BCUT2D eigenvalue weighted by Crippen LogP contribution is -2.07. The molecule has 0 saturated carbocycles. The van der Waals surface area contributed by atoms with E-state index in [9.17, 15) is 4.79 Å². The van der Waals surface area contributed by atoms with Gasteiger partial charge in [-0.05, 0) is 32.3 Å². The third kappa shape index (κ3) is 3.88. The Morgan fingerprint density at radius 2 is 2.23 bits per heavy atom. The molecule has 0 radical (unpaired) electrons. The molecule has 0 unspecified atom stereocenters. The van der Waals surface area contributed by atoms with Crippen LogP contribution in [0, 0.1) is 0 Å². The van der Waals surface area contributed by atoms with Crippen LogP contribution in [0.25, 0.3) is 0 Å². The van der Waals surface area contributed by atoms with Crippen LogP contribution in [0.2, 0.25) is 0 Å². The maximum atomic E-state index is 10.6. The molecule has 0 aromatic rings. The normalized spacial score (nSPS) is 16.7. The Morgan fingerprint density at radius 3 is 2.85 bits per heavy atom. The highest BCUT2D eigenvalue weighted by molar-refractivity contribution is 5.98. The smallest absolute Gasteiger partial charge is 0.159 e. The molecule has 13 heavy (non-hydrogen) atoms. The average Bonchev–Trinajstić information content (AvgIpc) is 2.07. The van der Waals surface area contributed by atoms with Gasteiger partial charge in [-0.1, -0.05) is 29.9 Å². The fraction of sp³-hybridized carbons (Fsp3) is 0.417. The lowest BCUT2D eigenvalue weighted by Gasteiger charge is -2.11. The van der Waals surface area contributed by atoms with Gasteiger partial charge in [0.1, 0.15) is 0 Å². The van der Waals surface area contributed by atoms with Gasteiger partial charge in [-0.15, -0.1) is 0 Å². The number of rotatable bonds is 5. The van der Waals surface area contributed by atoms with Crippen molar-refractivity contribution in [1.82, 2.24) is 0 Å². The maximum Gasteiger partial charge on any atom is 0.159 e. The van der Waals surface area contributed by atoms with Gasteiger partial charge in [0.15, 0.2) is 5.78 Å². The van der Waals surface area contributed by atoms with Crippen LogP contribution in [0.1, 0.15) is 32.6 Å². The molecule has 1 heteroatoms. The fourth-order valence-electron chi connectivity index (χ4n) is 1.32. The third-order valence-electron chi connectivity index (χ3n) is 2.07. The molecule has 0 spiro atoms. The van der Waals surface area contributed by atoms with E-state index in [-0.39, 0.29) is 0 Å². The van der Waals surface area contributed by atoms with Gasteiger partial charge in [0.25, 0.3) is 0 Å². The van der Waals surface area contributed by atoms with E-state index < -0.39 is 0 Å². The quantitative estimate of drug-likeness (QED) is 0.464.